The van der Waals surface area contributed by atoms with Crippen molar-refractivity contribution in [3.05, 3.63) is 53.4 Å². The average molecular weight is 562 g/mol. The van der Waals surface area contributed by atoms with Crippen molar-refractivity contribution in [3.63, 3.8) is 0 Å². The molecule has 2 aliphatic carbocycles. The molecule has 0 spiro atoms. The molecule has 1 saturated heterocycles. The van der Waals surface area contributed by atoms with Crippen LogP contribution in [0.4, 0.5) is 16.4 Å². The molecule has 0 unspecified atom stereocenters. The van der Waals surface area contributed by atoms with E-state index >= 15 is 0 Å². The van der Waals surface area contributed by atoms with E-state index in [0.29, 0.717) is 48.8 Å². The number of hydrogen-bond acceptors (Lipinski definition) is 9. The van der Waals surface area contributed by atoms with Crippen LogP contribution >= 0.6 is 0 Å². The van der Waals surface area contributed by atoms with Gasteiger partial charge in [-0.2, -0.15) is 14.9 Å². The smallest absolute Gasteiger partial charge is 0.326 e. The molecule has 206 valence electrons. The number of urea groups is 1. The molecule has 40 heavy (non-hydrogen) atoms. The minimum atomic E-state index is -3.81. The molecule has 0 bridgehead atoms. The fourth-order valence-electron chi connectivity index (χ4n) is 4.97. The van der Waals surface area contributed by atoms with Crippen molar-refractivity contribution in [2.45, 2.75) is 61.5 Å². The highest BCUT2D eigenvalue weighted by Gasteiger charge is 2.29. The highest BCUT2D eigenvalue weighted by molar-refractivity contribution is 7.89. The van der Waals surface area contributed by atoms with E-state index in [1.165, 1.54) is 12.1 Å². The zero-order valence-electron chi connectivity index (χ0n) is 21.3. The van der Waals surface area contributed by atoms with Crippen molar-refractivity contribution in [3.8, 4) is 6.07 Å². The Bertz CT molecular complexity index is 1680. The Morgan fingerprint density at radius 2 is 1.70 bits per heavy atom. The number of amides is 3. The Hall–Kier alpha value is -4.48. The summed E-state index contributed by atoms with van der Waals surface area (Å²) in [5.41, 5.74) is 1.33. The van der Waals surface area contributed by atoms with Crippen molar-refractivity contribution in [1.29, 1.82) is 5.26 Å². The second-order valence-electron chi connectivity index (χ2n) is 10.2. The van der Waals surface area contributed by atoms with Crippen molar-refractivity contribution in [1.82, 2.24) is 30.0 Å². The fourth-order valence-corrected chi connectivity index (χ4v) is 6.44. The summed E-state index contributed by atoms with van der Waals surface area (Å²) in [6, 6.07) is 9.63. The van der Waals surface area contributed by atoms with Crippen LogP contribution in [0.5, 0.6) is 0 Å². The van der Waals surface area contributed by atoms with Gasteiger partial charge in [-0.3, -0.25) is 10.1 Å². The maximum Gasteiger partial charge on any atom is 0.326 e. The third-order valence-corrected chi connectivity index (χ3v) is 8.72. The first-order chi connectivity index (χ1) is 19.3. The first-order valence-electron chi connectivity index (χ1n) is 13.1. The molecule has 3 amide bonds. The van der Waals surface area contributed by atoms with Gasteiger partial charge in [0, 0.05) is 29.8 Å². The normalized spacial score (nSPS) is 22.1. The first-order valence-corrected chi connectivity index (χ1v) is 14.5. The lowest BCUT2D eigenvalue weighted by molar-refractivity contribution is -0.115. The molecule has 5 N–H and O–H groups in total. The number of fused-ring (bicyclic) bond motifs is 1. The summed E-state index contributed by atoms with van der Waals surface area (Å²) < 4.78 is 30.3. The number of anilines is 2. The summed E-state index contributed by atoms with van der Waals surface area (Å²) in [7, 11) is -3.81. The highest BCUT2D eigenvalue weighted by atomic mass is 32.2. The SMILES string of the molecule is N#Cc1ccccc1S(=O)(=O)N[C@H]1CC[C@H](Nc2cc(NC3CC3)n3ncc(/C=C4\NC(=O)NC4=O)c3n2)CC1. The molecule has 1 aromatic carbocycles. The van der Waals surface area contributed by atoms with Gasteiger partial charge in [0.1, 0.15) is 23.4 Å². The molecule has 14 heteroatoms. The minimum absolute atomic E-state index is 0.00725. The Morgan fingerprint density at radius 1 is 1.00 bits per heavy atom. The van der Waals surface area contributed by atoms with Crippen LogP contribution in [-0.4, -0.2) is 53.1 Å². The predicted octanol–water partition coefficient (Wildman–Crippen LogP) is 2.06. The summed E-state index contributed by atoms with van der Waals surface area (Å²) in [6.45, 7) is 0. The summed E-state index contributed by atoms with van der Waals surface area (Å²) in [6.07, 6.45) is 7.95. The molecule has 2 saturated carbocycles. The van der Waals surface area contributed by atoms with Crippen molar-refractivity contribution >= 4 is 45.3 Å². The molecule has 0 radical (unpaired) electrons. The lowest BCUT2D eigenvalue weighted by atomic mass is 9.92. The number of carbonyl (C=O) groups excluding carboxylic acids is 2. The molecule has 1 aliphatic heterocycles. The Morgan fingerprint density at radius 3 is 2.40 bits per heavy atom. The third-order valence-electron chi connectivity index (χ3n) is 7.15. The topological polar surface area (TPSA) is 182 Å². The van der Waals surface area contributed by atoms with Gasteiger partial charge in [0.2, 0.25) is 10.0 Å². The van der Waals surface area contributed by atoms with E-state index in [2.05, 4.69) is 31.1 Å². The van der Waals surface area contributed by atoms with E-state index < -0.39 is 22.0 Å². The molecule has 3 aliphatic rings. The van der Waals surface area contributed by atoms with Crippen LogP contribution in [0, 0.1) is 11.3 Å². The Kier molecular flexibility index (Phi) is 6.60. The van der Waals surface area contributed by atoms with Gasteiger partial charge < -0.3 is 16.0 Å². The van der Waals surface area contributed by atoms with Crippen molar-refractivity contribution < 1.29 is 18.0 Å². The monoisotopic (exact) mass is 561 g/mol. The third kappa shape index (κ3) is 5.33. The summed E-state index contributed by atoms with van der Waals surface area (Å²) in [5.74, 6) is 0.873. The lowest BCUT2D eigenvalue weighted by Crippen LogP contribution is -2.40. The molecule has 3 heterocycles. The fraction of sp³-hybridized carbons (Fsp3) is 0.346. The van der Waals surface area contributed by atoms with Crippen LogP contribution in [0.15, 0.2) is 47.1 Å². The van der Waals surface area contributed by atoms with Gasteiger partial charge in [0.15, 0.2) is 5.65 Å². The van der Waals surface area contributed by atoms with Crippen molar-refractivity contribution in [2.75, 3.05) is 10.6 Å². The maximum absolute atomic E-state index is 12.9. The second kappa shape index (κ2) is 10.2. The van der Waals surface area contributed by atoms with Crippen LogP contribution in [0.3, 0.4) is 0 Å². The molecule has 6 rings (SSSR count). The molecular formula is C26H27N9O4S. The van der Waals surface area contributed by atoms with Gasteiger partial charge in [0.25, 0.3) is 5.91 Å². The van der Waals surface area contributed by atoms with Crippen molar-refractivity contribution in [2.24, 2.45) is 0 Å². The number of sulfonamides is 1. The minimum Gasteiger partial charge on any atom is -0.367 e. The average Bonchev–Trinajstić information content (AvgIpc) is 3.57. The summed E-state index contributed by atoms with van der Waals surface area (Å²) in [5, 5.41) is 25.4. The number of imide groups is 1. The molecular weight excluding hydrogens is 534 g/mol. The quantitative estimate of drug-likeness (QED) is 0.203. The first kappa shape index (κ1) is 25.8. The lowest BCUT2D eigenvalue weighted by Gasteiger charge is -2.30. The summed E-state index contributed by atoms with van der Waals surface area (Å²) in [4.78, 5) is 28.3. The zero-order chi connectivity index (χ0) is 27.9. The van der Waals surface area contributed by atoms with E-state index in [1.807, 2.05) is 12.1 Å². The van der Waals surface area contributed by atoms with Gasteiger partial charge in [-0.25, -0.2) is 22.9 Å². The number of nitrogens with one attached hydrogen (secondary N) is 5. The summed E-state index contributed by atoms with van der Waals surface area (Å²) >= 11 is 0. The van der Waals surface area contributed by atoms with Crippen LogP contribution in [-0.2, 0) is 14.8 Å². The molecule has 2 aromatic heterocycles. The molecule has 3 fully saturated rings. The van der Waals surface area contributed by atoms with Gasteiger partial charge in [-0.1, -0.05) is 12.1 Å². The number of aromatic nitrogens is 3. The number of rotatable bonds is 8. The highest BCUT2D eigenvalue weighted by Crippen LogP contribution is 2.29. The van der Waals surface area contributed by atoms with Gasteiger partial charge >= 0.3 is 6.03 Å². The number of carbonyl (C=O) groups is 2. The largest absolute Gasteiger partial charge is 0.367 e. The molecule has 0 atom stereocenters. The predicted molar refractivity (Wildman–Crippen MR) is 145 cm³/mol. The zero-order valence-corrected chi connectivity index (χ0v) is 22.2. The molecule has 13 nitrogen and oxygen atoms in total. The van der Waals surface area contributed by atoms with E-state index in [4.69, 9.17) is 4.98 Å². The van der Waals surface area contributed by atoms with Gasteiger partial charge in [-0.15, -0.1) is 0 Å². The van der Waals surface area contributed by atoms with Crippen LogP contribution in [0.1, 0.15) is 49.7 Å². The van der Waals surface area contributed by atoms with E-state index in [0.717, 1.165) is 18.7 Å². The Labute approximate surface area is 230 Å². The van der Waals surface area contributed by atoms with Crippen LogP contribution in [0.2, 0.25) is 0 Å². The number of hydrogen-bond donors (Lipinski definition) is 5. The van der Waals surface area contributed by atoms with Gasteiger partial charge in [-0.05, 0) is 56.7 Å². The Balaban J connectivity index is 1.17. The molecule has 3 aromatic rings. The van der Waals surface area contributed by atoms with Crippen LogP contribution in [0.25, 0.3) is 11.7 Å². The van der Waals surface area contributed by atoms with E-state index in [-0.39, 0.29) is 28.2 Å². The number of benzene rings is 1. The van der Waals surface area contributed by atoms with Gasteiger partial charge in [0.05, 0.1) is 16.7 Å². The maximum atomic E-state index is 12.9. The standard InChI is InChI=1S/C26H27N9O4S/c27-13-15-3-1-2-4-21(15)40(38,39)34-19-9-7-17(8-10-19)29-22-12-23(30-18-5-6-18)35-24(32-22)16(14-28-35)11-20-25(36)33-26(37)31-20/h1-4,11-12,14,17-19,30,34H,5-10H2,(H,29,32)(H2,31,33,36,37)/b20-11-/t17-,19-. The van der Waals surface area contributed by atoms with E-state index in [1.54, 1.807) is 28.9 Å². The van der Waals surface area contributed by atoms with Crippen LogP contribution < -0.4 is 26.0 Å². The second-order valence-corrected chi connectivity index (χ2v) is 11.9. The number of nitriles is 1. The number of nitrogens with zero attached hydrogens (tertiary/aromatic N) is 4. The van der Waals surface area contributed by atoms with E-state index in [9.17, 15) is 23.3 Å².